The summed E-state index contributed by atoms with van der Waals surface area (Å²) in [6, 6.07) is 18.2. The topological polar surface area (TPSA) is 90.4 Å². The smallest absolute Gasteiger partial charge is 0.271 e. The van der Waals surface area contributed by atoms with Crippen LogP contribution in [0.3, 0.4) is 0 Å². The number of nitrogens with zero attached hydrogens (tertiary/aromatic N) is 2. The lowest BCUT2D eigenvalue weighted by Gasteiger charge is -2.02. The molecule has 4 aromatic rings. The lowest BCUT2D eigenvalue weighted by atomic mass is 10.1. The Balaban J connectivity index is 1.46. The van der Waals surface area contributed by atoms with Crippen molar-refractivity contribution in [1.82, 2.24) is 15.4 Å². The Hall–Kier alpha value is -3.35. The Morgan fingerprint density at radius 1 is 1.10 bits per heavy atom. The van der Waals surface area contributed by atoms with Crippen molar-refractivity contribution < 1.29 is 9.90 Å². The molecule has 1 amide bonds. The molecule has 0 aliphatic carbocycles. The van der Waals surface area contributed by atoms with Crippen LogP contribution in [0.5, 0.6) is 5.75 Å². The minimum Gasteiger partial charge on any atom is -0.505 e. The third kappa shape index (κ3) is 4.45. The number of phenolic OH excluding ortho intramolecular Hbond substituents is 1. The van der Waals surface area contributed by atoms with Gasteiger partial charge in [0.2, 0.25) is 0 Å². The van der Waals surface area contributed by atoms with Gasteiger partial charge in [0.15, 0.2) is 5.75 Å². The van der Waals surface area contributed by atoms with Crippen LogP contribution in [0.25, 0.3) is 11.0 Å². The normalized spacial score (nSPS) is 11.3. The molecule has 0 bridgehead atoms. The van der Waals surface area contributed by atoms with Crippen molar-refractivity contribution >= 4 is 46.4 Å². The SMILES string of the molecule is O=C(N/N=C\c1cc(Cl)c(O)c(Cl)c1)c1ccc2nc(Cc3ccccc3)[nH]c2c1. The minimum atomic E-state index is -0.372. The number of benzene rings is 3. The van der Waals surface area contributed by atoms with E-state index in [4.69, 9.17) is 23.2 Å². The van der Waals surface area contributed by atoms with Crippen LogP contribution in [0.15, 0.2) is 65.8 Å². The van der Waals surface area contributed by atoms with E-state index in [0.29, 0.717) is 17.5 Å². The van der Waals surface area contributed by atoms with E-state index in [9.17, 15) is 9.90 Å². The number of fused-ring (bicyclic) bond motifs is 1. The number of carbonyl (C=O) groups excluding carboxylic acids is 1. The van der Waals surface area contributed by atoms with Gasteiger partial charge in [0.05, 0.1) is 27.3 Å². The number of imidazole rings is 1. The third-order valence-corrected chi connectivity index (χ3v) is 5.00. The molecular formula is C22H16Cl2N4O2. The van der Waals surface area contributed by atoms with Gasteiger partial charge in [-0.2, -0.15) is 5.10 Å². The number of halogens is 2. The van der Waals surface area contributed by atoms with E-state index in [1.54, 1.807) is 18.2 Å². The number of H-pyrrole nitrogens is 1. The molecule has 3 aromatic carbocycles. The number of carbonyl (C=O) groups is 1. The highest BCUT2D eigenvalue weighted by Crippen LogP contribution is 2.32. The fourth-order valence-corrected chi connectivity index (χ4v) is 3.47. The molecule has 0 spiro atoms. The lowest BCUT2D eigenvalue weighted by Crippen LogP contribution is -2.17. The molecule has 6 nitrogen and oxygen atoms in total. The number of rotatable bonds is 5. The first-order chi connectivity index (χ1) is 14.5. The van der Waals surface area contributed by atoms with Gasteiger partial charge < -0.3 is 10.1 Å². The summed E-state index contributed by atoms with van der Waals surface area (Å²) in [6.45, 7) is 0. The largest absolute Gasteiger partial charge is 0.505 e. The molecule has 150 valence electrons. The maximum atomic E-state index is 12.4. The van der Waals surface area contributed by atoms with E-state index in [-0.39, 0.29) is 21.7 Å². The van der Waals surface area contributed by atoms with E-state index in [1.165, 1.54) is 18.3 Å². The van der Waals surface area contributed by atoms with Gasteiger partial charge >= 0.3 is 0 Å². The van der Waals surface area contributed by atoms with E-state index in [0.717, 1.165) is 22.4 Å². The number of aromatic hydroxyl groups is 1. The van der Waals surface area contributed by atoms with E-state index in [1.807, 2.05) is 30.3 Å². The molecule has 0 fully saturated rings. The molecule has 0 saturated heterocycles. The molecular weight excluding hydrogens is 423 g/mol. The Morgan fingerprint density at radius 2 is 1.83 bits per heavy atom. The van der Waals surface area contributed by atoms with Crippen molar-refractivity contribution in [2.45, 2.75) is 6.42 Å². The van der Waals surface area contributed by atoms with Crippen LogP contribution in [0, 0.1) is 0 Å². The Bertz CT molecular complexity index is 1230. The van der Waals surface area contributed by atoms with Crippen LogP contribution in [0.2, 0.25) is 10.0 Å². The van der Waals surface area contributed by atoms with Crippen LogP contribution in [0.1, 0.15) is 27.3 Å². The number of aromatic nitrogens is 2. The molecule has 1 heterocycles. The number of nitrogens with one attached hydrogen (secondary N) is 2. The zero-order chi connectivity index (χ0) is 21.1. The van der Waals surface area contributed by atoms with Gasteiger partial charge in [-0.05, 0) is 41.5 Å². The predicted octanol–water partition coefficient (Wildman–Crippen LogP) is 4.93. The summed E-state index contributed by atoms with van der Waals surface area (Å²) in [7, 11) is 0. The summed E-state index contributed by atoms with van der Waals surface area (Å²) >= 11 is 11.7. The monoisotopic (exact) mass is 438 g/mol. The fourth-order valence-electron chi connectivity index (χ4n) is 2.97. The molecule has 0 aliphatic rings. The highest BCUT2D eigenvalue weighted by Gasteiger charge is 2.10. The molecule has 3 N–H and O–H groups in total. The zero-order valence-corrected chi connectivity index (χ0v) is 17.1. The number of amides is 1. The molecule has 0 saturated carbocycles. The van der Waals surface area contributed by atoms with Gasteiger partial charge in [-0.3, -0.25) is 4.79 Å². The molecule has 8 heteroatoms. The summed E-state index contributed by atoms with van der Waals surface area (Å²) in [5.41, 5.74) is 6.15. The van der Waals surface area contributed by atoms with E-state index in [2.05, 4.69) is 20.5 Å². The number of hydrogen-bond donors (Lipinski definition) is 3. The number of hydrogen-bond acceptors (Lipinski definition) is 4. The van der Waals surface area contributed by atoms with Crippen molar-refractivity contribution in [3.05, 3.63) is 93.2 Å². The first-order valence-electron chi connectivity index (χ1n) is 9.03. The molecule has 0 unspecified atom stereocenters. The summed E-state index contributed by atoms with van der Waals surface area (Å²) in [5, 5.41) is 13.7. The highest BCUT2D eigenvalue weighted by molar-refractivity contribution is 6.37. The molecule has 0 atom stereocenters. The standard InChI is InChI=1S/C22H16Cl2N4O2/c23-16-8-14(9-17(24)21(16)29)12-25-28-22(30)15-6-7-18-19(11-15)27-20(26-18)10-13-4-2-1-3-5-13/h1-9,11-12,29H,10H2,(H,26,27)(H,28,30)/b25-12-. The van der Waals surface area contributed by atoms with Crippen molar-refractivity contribution in [2.75, 3.05) is 0 Å². The Morgan fingerprint density at radius 3 is 2.57 bits per heavy atom. The highest BCUT2D eigenvalue weighted by atomic mass is 35.5. The Kier molecular flexibility index (Phi) is 5.70. The zero-order valence-electron chi connectivity index (χ0n) is 15.6. The van der Waals surface area contributed by atoms with Crippen molar-refractivity contribution in [2.24, 2.45) is 5.10 Å². The van der Waals surface area contributed by atoms with Crippen molar-refractivity contribution in [1.29, 1.82) is 0 Å². The second-order valence-corrected chi connectivity index (χ2v) is 7.42. The van der Waals surface area contributed by atoms with E-state index >= 15 is 0 Å². The van der Waals surface area contributed by atoms with Gasteiger partial charge in [0.1, 0.15) is 5.82 Å². The van der Waals surface area contributed by atoms with Gasteiger partial charge in [0, 0.05) is 12.0 Å². The lowest BCUT2D eigenvalue weighted by molar-refractivity contribution is 0.0955. The average Bonchev–Trinajstić information content (AvgIpc) is 3.14. The van der Waals surface area contributed by atoms with Crippen LogP contribution < -0.4 is 5.43 Å². The third-order valence-electron chi connectivity index (χ3n) is 4.43. The van der Waals surface area contributed by atoms with Gasteiger partial charge in [-0.1, -0.05) is 53.5 Å². The fraction of sp³-hybridized carbons (Fsp3) is 0.0455. The van der Waals surface area contributed by atoms with Crippen LogP contribution in [-0.4, -0.2) is 27.2 Å². The summed E-state index contributed by atoms with van der Waals surface area (Å²) in [4.78, 5) is 20.2. The summed E-state index contributed by atoms with van der Waals surface area (Å²) in [6.07, 6.45) is 2.07. The van der Waals surface area contributed by atoms with Crippen LogP contribution in [-0.2, 0) is 6.42 Å². The summed E-state index contributed by atoms with van der Waals surface area (Å²) < 4.78 is 0. The first kappa shape index (κ1) is 19.9. The van der Waals surface area contributed by atoms with Crippen LogP contribution >= 0.6 is 23.2 Å². The number of hydrazone groups is 1. The molecule has 0 aliphatic heterocycles. The van der Waals surface area contributed by atoms with E-state index < -0.39 is 0 Å². The minimum absolute atomic E-state index is 0.103. The first-order valence-corrected chi connectivity index (χ1v) is 9.79. The van der Waals surface area contributed by atoms with Crippen LogP contribution in [0.4, 0.5) is 0 Å². The Labute approximate surface area is 182 Å². The average molecular weight is 439 g/mol. The van der Waals surface area contributed by atoms with Gasteiger partial charge in [-0.15, -0.1) is 0 Å². The number of phenols is 1. The maximum Gasteiger partial charge on any atom is 0.271 e. The summed E-state index contributed by atoms with van der Waals surface area (Å²) in [5.74, 6) is 0.259. The molecule has 4 rings (SSSR count). The van der Waals surface area contributed by atoms with Gasteiger partial charge in [-0.25, -0.2) is 10.4 Å². The second kappa shape index (κ2) is 8.57. The predicted molar refractivity (Wildman–Crippen MR) is 119 cm³/mol. The van der Waals surface area contributed by atoms with Gasteiger partial charge in [0.25, 0.3) is 5.91 Å². The second-order valence-electron chi connectivity index (χ2n) is 6.61. The molecule has 0 radical (unpaired) electrons. The maximum absolute atomic E-state index is 12.4. The molecule has 30 heavy (non-hydrogen) atoms. The quantitative estimate of drug-likeness (QED) is 0.304. The van der Waals surface area contributed by atoms with Crippen molar-refractivity contribution in [3.8, 4) is 5.75 Å². The van der Waals surface area contributed by atoms with Crippen molar-refractivity contribution in [3.63, 3.8) is 0 Å². The molecule has 1 aromatic heterocycles. The number of aromatic amines is 1.